The highest BCUT2D eigenvalue weighted by Crippen LogP contribution is 2.26. The minimum Gasteiger partial charge on any atom is -0.275 e. The van der Waals surface area contributed by atoms with Crippen molar-refractivity contribution in [3.05, 3.63) is 60.2 Å². The molecule has 21 heavy (non-hydrogen) atoms. The Labute approximate surface area is 121 Å². The second kappa shape index (κ2) is 5.17. The van der Waals surface area contributed by atoms with Gasteiger partial charge in [0.05, 0.1) is 17.0 Å². The van der Waals surface area contributed by atoms with Gasteiger partial charge in [0.25, 0.3) is 0 Å². The SMILES string of the molecule is Cn1ccc(-c2cc(-c3ccc(F)cc3)ncc2C#N)n1. The maximum Gasteiger partial charge on any atom is 0.123 e. The predicted octanol–water partition coefficient (Wildman–Crippen LogP) is 3.16. The summed E-state index contributed by atoms with van der Waals surface area (Å²) in [5.41, 5.74) is 3.35. The van der Waals surface area contributed by atoms with Gasteiger partial charge in [-0.25, -0.2) is 4.39 Å². The van der Waals surface area contributed by atoms with Crippen LogP contribution in [-0.2, 0) is 7.05 Å². The Bertz CT molecular complexity index is 828. The molecule has 0 N–H and O–H groups in total. The van der Waals surface area contributed by atoms with Crippen LogP contribution in [0.3, 0.4) is 0 Å². The van der Waals surface area contributed by atoms with Crippen molar-refractivity contribution < 1.29 is 4.39 Å². The molecule has 2 aromatic heterocycles. The van der Waals surface area contributed by atoms with E-state index in [1.54, 1.807) is 22.9 Å². The first-order valence-electron chi connectivity index (χ1n) is 6.33. The van der Waals surface area contributed by atoms with E-state index < -0.39 is 0 Å². The summed E-state index contributed by atoms with van der Waals surface area (Å²) in [6, 6.07) is 11.8. The van der Waals surface area contributed by atoms with E-state index in [4.69, 9.17) is 0 Å². The lowest BCUT2D eigenvalue weighted by atomic mass is 10.0. The zero-order chi connectivity index (χ0) is 14.8. The topological polar surface area (TPSA) is 54.5 Å². The van der Waals surface area contributed by atoms with E-state index in [0.29, 0.717) is 22.5 Å². The molecular formula is C16H11FN4. The van der Waals surface area contributed by atoms with Gasteiger partial charge in [-0.1, -0.05) is 0 Å². The normalized spacial score (nSPS) is 10.3. The highest BCUT2D eigenvalue weighted by atomic mass is 19.1. The van der Waals surface area contributed by atoms with Crippen LogP contribution in [0.15, 0.2) is 48.8 Å². The molecule has 0 atom stereocenters. The monoisotopic (exact) mass is 278 g/mol. The third-order valence-corrected chi connectivity index (χ3v) is 3.15. The second-order valence-electron chi connectivity index (χ2n) is 4.61. The minimum atomic E-state index is -0.294. The fourth-order valence-electron chi connectivity index (χ4n) is 2.09. The standard InChI is InChI=1S/C16H11FN4/c1-21-7-6-15(20-21)14-8-16(19-10-12(14)9-18)11-2-4-13(17)5-3-11/h2-8,10H,1H3. The van der Waals surface area contributed by atoms with Crippen LogP contribution in [0.4, 0.5) is 4.39 Å². The highest BCUT2D eigenvalue weighted by Gasteiger charge is 2.11. The smallest absolute Gasteiger partial charge is 0.123 e. The Morgan fingerprint density at radius 1 is 1.14 bits per heavy atom. The van der Waals surface area contributed by atoms with Crippen LogP contribution >= 0.6 is 0 Å². The average Bonchev–Trinajstić information content (AvgIpc) is 2.94. The van der Waals surface area contributed by atoms with Crippen molar-refractivity contribution in [3.8, 4) is 28.6 Å². The van der Waals surface area contributed by atoms with Crippen molar-refractivity contribution in [1.82, 2.24) is 14.8 Å². The molecule has 102 valence electrons. The van der Waals surface area contributed by atoms with Gasteiger partial charge < -0.3 is 0 Å². The summed E-state index contributed by atoms with van der Waals surface area (Å²) < 4.78 is 14.7. The number of aromatic nitrogens is 3. The number of benzene rings is 1. The predicted molar refractivity (Wildman–Crippen MR) is 76.5 cm³/mol. The third-order valence-electron chi connectivity index (χ3n) is 3.15. The zero-order valence-electron chi connectivity index (χ0n) is 11.3. The first-order valence-corrected chi connectivity index (χ1v) is 6.33. The van der Waals surface area contributed by atoms with Crippen LogP contribution in [-0.4, -0.2) is 14.8 Å². The second-order valence-corrected chi connectivity index (χ2v) is 4.61. The van der Waals surface area contributed by atoms with Crippen LogP contribution in [0.5, 0.6) is 0 Å². The molecule has 0 aliphatic heterocycles. The van der Waals surface area contributed by atoms with Gasteiger partial charge in [0.1, 0.15) is 11.9 Å². The number of halogens is 1. The summed E-state index contributed by atoms with van der Waals surface area (Å²) in [6.45, 7) is 0. The molecule has 0 aliphatic rings. The Hall–Kier alpha value is -3.00. The van der Waals surface area contributed by atoms with Gasteiger partial charge in [0.2, 0.25) is 0 Å². The zero-order valence-corrected chi connectivity index (χ0v) is 11.3. The summed E-state index contributed by atoms with van der Waals surface area (Å²) in [4.78, 5) is 4.26. The molecule has 2 heterocycles. The number of pyridine rings is 1. The third kappa shape index (κ3) is 2.51. The summed E-state index contributed by atoms with van der Waals surface area (Å²) in [6.07, 6.45) is 3.33. The Kier molecular flexibility index (Phi) is 3.20. The lowest BCUT2D eigenvalue weighted by Gasteiger charge is -2.05. The molecule has 0 fully saturated rings. The summed E-state index contributed by atoms with van der Waals surface area (Å²) in [5, 5.41) is 13.5. The van der Waals surface area contributed by atoms with E-state index in [1.165, 1.54) is 18.3 Å². The summed E-state index contributed by atoms with van der Waals surface area (Å²) in [7, 11) is 1.82. The lowest BCUT2D eigenvalue weighted by molar-refractivity contribution is 0.628. The van der Waals surface area contributed by atoms with E-state index in [1.807, 2.05) is 19.3 Å². The molecule has 0 amide bonds. The molecule has 3 aromatic rings. The first kappa shape index (κ1) is 13.0. The number of nitrogens with zero attached hydrogens (tertiary/aromatic N) is 4. The van der Waals surface area contributed by atoms with Crippen LogP contribution in [0, 0.1) is 17.1 Å². The van der Waals surface area contributed by atoms with Gasteiger partial charge in [-0.3, -0.25) is 9.67 Å². The Balaban J connectivity index is 2.13. The molecular weight excluding hydrogens is 267 g/mol. The van der Waals surface area contributed by atoms with Crippen molar-refractivity contribution in [2.24, 2.45) is 7.05 Å². The van der Waals surface area contributed by atoms with Gasteiger partial charge >= 0.3 is 0 Å². The van der Waals surface area contributed by atoms with Gasteiger partial charge in [-0.2, -0.15) is 10.4 Å². The molecule has 0 radical (unpaired) electrons. The van der Waals surface area contributed by atoms with Crippen molar-refractivity contribution in [2.75, 3.05) is 0 Å². The van der Waals surface area contributed by atoms with E-state index in [9.17, 15) is 9.65 Å². The average molecular weight is 278 g/mol. The van der Waals surface area contributed by atoms with Gasteiger partial charge in [0, 0.05) is 30.6 Å². The first-order chi connectivity index (χ1) is 10.2. The van der Waals surface area contributed by atoms with Crippen molar-refractivity contribution in [3.63, 3.8) is 0 Å². The van der Waals surface area contributed by atoms with E-state index in [-0.39, 0.29) is 5.82 Å². The molecule has 1 aromatic carbocycles. The lowest BCUT2D eigenvalue weighted by Crippen LogP contribution is -1.93. The fourth-order valence-corrected chi connectivity index (χ4v) is 2.09. The minimum absolute atomic E-state index is 0.294. The molecule has 0 aliphatic carbocycles. The van der Waals surface area contributed by atoms with Gasteiger partial charge in [-0.15, -0.1) is 0 Å². The van der Waals surface area contributed by atoms with E-state index in [2.05, 4.69) is 16.2 Å². The van der Waals surface area contributed by atoms with Gasteiger partial charge in [-0.05, 0) is 36.4 Å². The van der Waals surface area contributed by atoms with Crippen LogP contribution in [0.2, 0.25) is 0 Å². The number of hydrogen-bond acceptors (Lipinski definition) is 3. The largest absolute Gasteiger partial charge is 0.275 e. The molecule has 4 nitrogen and oxygen atoms in total. The molecule has 3 rings (SSSR count). The van der Waals surface area contributed by atoms with Gasteiger partial charge in [0.15, 0.2) is 0 Å². The maximum atomic E-state index is 13.0. The van der Waals surface area contributed by atoms with Crippen LogP contribution in [0.1, 0.15) is 5.56 Å². The van der Waals surface area contributed by atoms with Crippen LogP contribution < -0.4 is 0 Å². The van der Waals surface area contributed by atoms with E-state index >= 15 is 0 Å². The fraction of sp³-hybridized carbons (Fsp3) is 0.0625. The molecule has 0 saturated heterocycles. The molecule has 0 unspecified atom stereocenters. The molecule has 0 spiro atoms. The quantitative estimate of drug-likeness (QED) is 0.723. The maximum absolute atomic E-state index is 13.0. The van der Waals surface area contributed by atoms with Crippen molar-refractivity contribution >= 4 is 0 Å². The number of nitriles is 1. The number of rotatable bonds is 2. The molecule has 0 saturated carbocycles. The van der Waals surface area contributed by atoms with Crippen LogP contribution in [0.25, 0.3) is 22.5 Å². The Morgan fingerprint density at radius 2 is 1.90 bits per heavy atom. The molecule has 5 heteroatoms. The Morgan fingerprint density at radius 3 is 2.52 bits per heavy atom. The van der Waals surface area contributed by atoms with Crippen molar-refractivity contribution in [1.29, 1.82) is 5.26 Å². The summed E-state index contributed by atoms with van der Waals surface area (Å²) >= 11 is 0. The number of aryl methyl sites for hydroxylation is 1. The van der Waals surface area contributed by atoms with Crippen molar-refractivity contribution in [2.45, 2.75) is 0 Å². The van der Waals surface area contributed by atoms with E-state index in [0.717, 1.165) is 5.56 Å². The highest BCUT2D eigenvalue weighted by molar-refractivity contribution is 5.72. The molecule has 0 bridgehead atoms. The summed E-state index contributed by atoms with van der Waals surface area (Å²) in [5.74, 6) is -0.294. The number of hydrogen-bond donors (Lipinski definition) is 0.